The first kappa shape index (κ1) is 17.5. The molecule has 0 saturated heterocycles. The minimum absolute atomic E-state index is 0.00558. The van der Waals surface area contributed by atoms with Crippen molar-refractivity contribution >= 4 is 17.1 Å². The molecule has 0 radical (unpaired) electrons. The zero-order chi connectivity index (χ0) is 17.0. The van der Waals surface area contributed by atoms with Crippen LogP contribution in [-0.2, 0) is 0 Å². The number of benzene rings is 1. The Balaban J connectivity index is 0.00000116. The average Bonchev–Trinajstić information content (AvgIpc) is 2.49. The first-order chi connectivity index (χ1) is 10.3. The molecular weight excluding hydrogens is 293 g/mol. The Hall–Kier alpha value is -2.57. The van der Waals surface area contributed by atoms with Gasteiger partial charge < -0.3 is 16.9 Å². The Labute approximate surface area is 126 Å². The van der Waals surface area contributed by atoms with Crippen molar-refractivity contribution in [2.75, 3.05) is 11.5 Å². The first-order valence-corrected chi connectivity index (χ1v) is 6.58. The van der Waals surface area contributed by atoms with Gasteiger partial charge in [-0.1, -0.05) is 13.8 Å². The number of hydrogen-bond donors (Lipinski definition) is 3. The summed E-state index contributed by atoms with van der Waals surface area (Å²) in [5.41, 5.74) is 8.96. The van der Waals surface area contributed by atoms with E-state index in [0.29, 0.717) is 0 Å². The van der Waals surface area contributed by atoms with E-state index in [9.17, 15) is 13.2 Å². The van der Waals surface area contributed by atoms with Gasteiger partial charge in [0.1, 0.15) is 11.5 Å². The van der Waals surface area contributed by atoms with E-state index >= 15 is 0 Å². The third-order valence-electron chi connectivity index (χ3n) is 2.82. The molecule has 2 aromatic rings. The number of aromatic nitrogens is 1. The third kappa shape index (κ3) is 3.03. The van der Waals surface area contributed by atoms with E-state index in [4.69, 9.17) is 16.9 Å². The number of nitrogen functional groups attached to an aromatic ring is 2. The number of nitrogens with one attached hydrogen (secondary N) is 1. The van der Waals surface area contributed by atoms with Gasteiger partial charge in [0.2, 0.25) is 0 Å². The second kappa shape index (κ2) is 6.93. The Morgan fingerprint density at radius 2 is 1.68 bits per heavy atom. The number of anilines is 2. The number of hydrogen-bond acceptors (Lipinski definition) is 4. The second-order valence-electron chi connectivity index (χ2n) is 4.20. The summed E-state index contributed by atoms with van der Waals surface area (Å²) < 4.78 is 41.7. The van der Waals surface area contributed by atoms with Crippen LogP contribution in [-0.4, -0.2) is 10.7 Å². The van der Waals surface area contributed by atoms with Gasteiger partial charge in [-0.2, -0.15) is 0 Å². The normalized spacial score (nSPS) is 9.91. The number of nitrogens with two attached hydrogens (primary N) is 2. The lowest BCUT2D eigenvalue weighted by Gasteiger charge is -2.11. The molecule has 7 heteroatoms. The van der Waals surface area contributed by atoms with Crippen molar-refractivity contribution in [3.8, 4) is 11.3 Å². The SMILES string of the molecule is CC.CC(=N)c1cnc(-c2c(F)ccc(N)c2F)c(F)c1N. The standard InChI is InChI=1S/C13H11F3N4.C2H6/c1-5(17)6-4-20-13(11(16)12(6)19)9-7(14)2-3-8(18)10(9)15;1-2/h2-4,17H,18H2,1H3,(H2,19,20);1-2H3. The zero-order valence-corrected chi connectivity index (χ0v) is 12.5. The topological polar surface area (TPSA) is 88.8 Å². The highest BCUT2D eigenvalue weighted by Crippen LogP contribution is 2.32. The molecule has 1 aromatic heterocycles. The van der Waals surface area contributed by atoms with Gasteiger partial charge in [-0.05, 0) is 19.1 Å². The molecule has 0 aliphatic heterocycles. The summed E-state index contributed by atoms with van der Waals surface area (Å²) in [6, 6.07) is 1.95. The van der Waals surface area contributed by atoms with Gasteiger partial charge >= 0.3 is 0 Å². The van der Waals surface area contributed by atoms with Crippen molar-refractivity contribution in [3.05, 3.63) is 41.3 Å². The van der Waals surface area contributed by atoms with Crippen LogP contribution in [0.3, 0.4) is 0 Å². The molecule has 0 aliphatic rings. The highest BCUT2D eigenvalue weighted by atomic mass is 19.1. The third-order valence-corrected chi connectivity index (χ3v) is 2.82. The smallest absolute Gasteiger partial charge is 0.173 e. The molecular formula is C15H17F3N4. The fraction of sp³-hybridized carbons (Fsp3) is 0.200. The van der Waals surface area contributed by atoms with Crippen LogP contribution in [0.1, 0.15) is 26.3 Å². The molecule has 1 heterocycles. The van der Waals surface area contributed by atoms with Crippen LogP contribution in [0.4, 0.5) is 24.5 Å². The zero-order valence-electron chi connectivity index (χ0n) is 12.5. The highest BCUT2D eigenvalue weighted by molar-refractivity contribution is 6.01. The van der Waals surface area contributed by atoms with Gasteiger partial charge in [-0.3, -0.25) is 4.98 Å². The summed E-state index contributed by atoms with van der Waals surface area (Å²) in [5.74, 6) is -3.19. The van der Waals surface area contributed by atoms with Crippen LogP contribution in [0.25, 0.3) is 11.3 Å². The lowest BCUT2D eigenvalue weighted by molar-refractivity contribution is 0.582. The lowest BCUT2D eigenvalue weighted by atomic mass is 10.0. The summed E-state index contributed by atoms with van der Waals surface area (Å²) >= 11 is 0. The summed E-state index contributed by atoms with van der Waals surface area (Å²) in [4.78, 5) is 3.66. The van der Waals surface area contributed by atoms with E-state index in [-0.39, 0.29) is 22.6 Å². The molecule has 1 aromatic carbocycles. The van der Waals surface area contributed by atoms with E-state index < -0.39 is 28.7 Å². The quantitative estimate of drug-likeness (QED) is 0.583. The predicted octanol–water partition coefficient (Wildman–Crippen LogP) is 3.74. The van der Waals surface area contributed by atoms with E-state index in [2.05, 4.69) is 4.98 Å². The van der Waals surface area contributed by atoms with Crippen molar-refractivity contribution < 1.29 is 13.2 Å². The molecule has 0 fully saturated rings. The second-order valence-corrected chi connectivity index (χ2v) is 4.20. The molecule has 118 valence electrons. The molecule has 5 N–H and O–H groups in total. The molecule has 0 saturated carbocycles. The Morgan fingerprint density at radius 3 is 2.23 bits per heavy atom. The largest absolute Gasteiger partial charge is 0.396 e. The first-order valence-electron chi connectivity index (χ1n) is 6.58. The maximum Gasteiger partial charge on any atom is 0.173 e. The minimum atomic E-state index is -1.10. The lowest BCUT2D eigenvalue weighted by Crippen LogP contribution is -2.07. The fourth-order valence-electron chi connectivity index (χ4n) is 1.76. The van der Waals surface area contributed by atoms with Gasteiger partial charge in [-0.25, -0.2) is 13.2 Å². The van der Waals surface area contributed by atoms with Crippen molar-refractivity contribution in [1.29, 1.82) is 5.41 Å². The molecule has 0 bridgehead atoms. The van der Waals surface area contributed by atoms with E-state index in [0.717, 1.165) is 18.3 Å². The van der Waals surface area contributed by atoms with Gasteiger partial charge in [-0.15, -0.1) is 0 Å². The fourth-order valence-corrected chi connectivity index (χ4v) is 1.76. The Bertz CT molecular complexity index is 714. The summed E-state index contributed by atoms with van der Waals surface area (Å²) in [7, 11) is 0. The van der Waals surface area contributed by atoms with Gasteiger partial charge in [0.05, 0.1) is 16.9 Å². The van der Waals surface area contributed by atoms with Gasteiger partial charge in [0.25, 0.3) is 0 Å². The average molecular weight is 310 g/mol. The monoisotopic (exact) mass is 310 g/mol. The van der Waals surface area contributed by atoms with Crippen molar-refractivity contribution in [2.24, 2.45) is 0 Å². The van der Waals surface area contributed by atoms with E-state index in [1.54, 1.807) is 0 Å². The highest BCUT2D eigenvalue weighted by Gasteiger charge is 2.22. The molecule has 0 aliphatic carbocycles. The van der Waals surface area contributed by atoms with E-state index in [1.807, 2.05) is 13.8 Å². The molecule has 0 unspecified atom stereocenters. The summed E-state index contributed by atoms with van der Waals surface area (Å²) in [6.45, 7) is 5.40. The number of pyridine rings is 1. The van der Waals surface area contributed by atoms with Crippen LogP contribution >= 0.6 is 0 Å². The minimum Gasteiger partial charge on any atom is -0.396 e. The molecule has 4 nitrogen and oxygen atoms in total. The van der Waals surface area contributed by atoms with Crippen LogP contribution in [0, 0.1) is 22.9 Å². The molecule has 22 heavy (non-hydrogen) atoms. The van der Waals surface area contributed by atoms with Crippen molar-refractivity contribution in [3.63, 3.8) is 0 Å². The maximum atomic E-state index is 14.1. The number of halogens is 3. The van der Waals surface area contributed by atoms with E-state index in [1.165, 1.54) is 6.92 Å². The number of rotatable bonds is 2. The Morgan fingerprint density at radius 1 is 1.09 bits per heavy atom. The van der Waals surface area contributed by atoms with Gasteiger partial charge in [0.15, 0.2) is 11.6 Å². The number of nitrogens with zero attached hydrogens (tertiary/aromatic N) is 1. The Kier molecular flexibility index (Phi) is 5.50. The molecule has 0 amide bonds. The predicted molar refractivity (Wildman–Crippen MR) is 82.2 cm³/mol. The van der Waals surface area contributed by atoms with Crippen LogP contribution in [0.2, 0.25) is 0 Å². The summed E-state index contributed by atoms with van der Waals surface area (Å²) in [5, 5.41) is 7.41. The van der Waals surface area contributed by atoms with Gasteiger partial charge in [0, 0.05) is 17.5 Å². The van der Waals surface area contributed by atoms with Crippen LogP contribution < -0.4 is 11.5 Å². The van der Waals surface area contributed by atoms with Crippen molar-refractivity contribution in [1.82, 2.24) is 4.98 Å². The maximum absolute atomic E-state index is 14.1. The van der Waals surface area contributed by atoms with Crippen LogP contribution in [0.15, 0.2) is 18.3 Å². The summed E-state index contributed by atoms with van der Waals surface area (Å²) in [6.07, 6.45) is 1.10. The van der Waals surface area contributed by atoms with Crippen LogP contribution in [0.5, 0.6) is 0 Å². The molecule has 0 spiro atoms. The molecule has 2 rings (SSSR count). The molecule has 0 atom stereocenters. The van der Waals surface area contributed by atoms with Crippen molar-refractivity contribution in [2.45, 2.75) is 20.8 Å².